The summed E-state index contributed by atoms with van der Waals surface area (Å²) in [6.07, 6.45) is 0. The van der Waals surface area contributed by atoms with E-state index in [2.05, 4.69) is 36.1 Å². The van der Waals surface area contributed by atoms with Crippen molar-refractivity contribution >= 4 is 0 Å². The van der Waals surface area contributed by atoms with Gasteiger partial charge in [-0.15, -0.1) is 0 Å². The third-order valence-corrected chi connectivity index (χ3v) is 4.25. The number of nitrogens with zero attached hydrogens (tertiary/aromatic N) is 2. The molecule has 21 heavy (non-hydrogen) atoms. The third-order valence-electron chi connectivity index (χ3n) is 4.25. The highest BCUT2D eigenvalue weighted by Crippen LogP contribution is 2.27. The van der Waals surface area contributed by atoms with Crippen LogP contribution in [0.5, 0.6) is 5.75 Å². The van der Waals surface area contributed by atoms with Crippen molar-refractivity contribution in [3.8, 4) is 5.75 Å². The molecular formula is C16H26FN3O. The minimum absolute atomic E-state index is 0.0198. The molecule has 2 rings (SSSR count). The number of rotatable bonds is 5. The second kappa shape index (κ2) is 7.20. The minimum Gasteiger partial charge on any atom is -0.497 e. The summed E-state index contributed by atoms with van der Waals surface area (Å²) >= 11 is 0. The summed E-state index contributed by atoms with van der Waals surface area (Å²) in [6.45, 7) is 5.85. The number of nitrogens with one attached hydrogen (secondary N) is 1. The van der Waals surface area contributed by atoms with Gasteiger partial charge in [0.25, 0.3) is 0 Å². The number of hydrogen-bond donors (Lipinski definition) is 1. The number of ether oxygens (including phenoxy) is 1. The molecule has 1 aromatic rings. The number of hydrogen-bond acceptors (Lipinski definition) is 4. The first-order chi connectivity index (χ1) is 10.1. The van der Waals surface area contributed by atoms with Crippen molar-refractivity contribution in [1.29, 1.82) is 0 Å². The molecule has 1 aromatic carbocycles. The molecule has 0 radical (unpaired) electrons. The highest BCUT2D eigenvalue weighted by atomic mass is 19.1. The number of piperazine rings is 1. The molecule has 0 amide bonds. The van der Waals surface area contributed by atoms with Gasteiger partial charge in [-0.2, -0.15) is 0 Å². The standard InChI is InChI=1S/C16H26FN3O/c1-5-18-16(15-11-19(2)8-9-20(15)3)13-7-6-12(21-4)10-14(13)17/h6-7,10,15-16,18H,5,8-9,11H2,1-4H3. The maximum atomic E-state index is 14.4. The van der Waals surface area contributed by atoms with Crippen molar-refractivity contribution in [2.24, 2.45) is 0 Å². The molecule has 0 bridgehead atoms. The lowest BCUT2D eigenvalue weighted by atomic mass is 9.95. The zero-order valence-electron chi connectivity index (χ0n) is 13.4. The number of methoxy groups -OCH3 is 1. The topological polar surface area (TPSA) is 27.7 Å². The van der Waals surface area contributed by atoms with E-state index in [1.54, 1.807) is 7.11 Å². The Morgan fingerprint density at radius 2 is 2.14 bits per heavy atom. The summed E-state index contributed by atoms with van der Waals surface area (Å²) in [5, 5.41) is 3.45. The van der Waals surface area contributed by atoms with Crippen molar-refractivity contribution in [2.75, 3.05) is 47.4 Å². The second-order valence-corrected chi connectivity index (χ2v) is 5.73. The smallest absolute Gasteiger partial charge is 0.131 e. The summed E-state index contributed by atoms with van der Waals surface area (Å²) in [5.74, 6) is 0.350. The lowest BCUT2D eigenvalue weighted by molar-refractivity contribution is 0.0871. The van der Waals surface area contributed by atoms with E-state index in [1.807, 2.05) is 12.1 Å². The molecule has 4 nitrogen and oxygen atoms in total. The average Bonchev–Trinajstić information content (AvgIpc) is 2.48. The summed E-state index contributed by atoms with van der Waals surface area (Å²) in [5.41, 5.74) is 0.713. The van der Waals surface area contributed by atoms with Crippen LogP contribution in [0, 0.1) is 5.82 Å². The maximum Gasteiger partial charge on any atom is 0.131 e. The first kappa shape index (κ1) is 16.2. The summed E-state index contributed by atoms with van der Waals surface area (Å²) in [6, 6.07) is 5.37. The highest BCUT2D eigenvalue weighted by molar-refractivity contribution is 5.32. The predicted octanol–water partition coefficient (Wildman–Crippen LogP) is 1.73. The fourth-order valence-electron chi connectivity index (χ4n) is 2.96. The van der Waals surface area contributed by atoms with Gasteiger partial charge in [0.1, 0.15) is 11.6 Å². The zero-order valence-corrected chi connectivity index (χ0v) is 13.4. The van der Waals surface area contributed by atoms with E-state index < -0.39 is 0 Å². The van der Waals surface area contributed by atoms with Crippen molar-refractivity contribution in [2.45, 2.75) is 19.0 Å². The molecule has 5 heteroatoms. The minimum atomic E-state index is -0.207. The van der Waals surface area contributed by atoms with Crippen LogP contribution in [0.4, 0.5) is 4.39 Å². The largest absolute Gasteiger partial charge is 0.497 e. The fraction of sp³-hybridized carbons (Fsp3) is 0.625. The maximum absolute atomic E-state index is 14.4. The molecule has 1 fully saturated rings. The molecule has 118 valence electrons. The first-order valence-corrected chi connectivity index (χ1v) is 7.52. The molecule has 2 unspecified atom stereocenters. The van der Waals surface area contributed by atoms with Crippen LogP contribution < -0.4 is 10.1 Å². The molecule has 1 saturated heterocycles. The quantitative estimate of drug-likeness (QED) is 0.895. The summed E-state index contributed by atoms with van der Waals surface area (Å²) in [7, 11) is 5.79. The van der Waals surface area contributed by atoms with E-state index in [4.69, 9.17) is 4.74 Å². The van der Waals surface area contributed by atoms with Crippen LogP contribution >= 0.6 is 0 Å². The molecule has 2 atom stereocenters. The molecule has 0 saturated carbocycles. The SMILES string of the molecule is CCNC(c1ccc(OC)cc1F)C1CN(C)CCN1C. The molecule has 1 heterocycles. The lowest BCUT2D eigenvalue weighted by Crippen LogP contribution is -2.55. The molecule has 1 N–H and O–H groups in total. The van der Waals surface area contributed by atoms with Crippen LogP contribution in [-0.2, 0) is 0 Å². The molecule has 0 spiro atoms. The third kappa shape index (κ3) is 3.73. The van der Waals surface area contributed by atoms with E-state index in [9.17, 15) is 4.39 Å². The van der Waals surface area contributed by atoms with Crippen LogP contribution in [0.15, 0.2) is 18.2 Å². The van der Waals surface area contributed by atoms with Crippen molar-refractivity contribution < 1.29 is 9.13 Å². The Morgan fingerprint density at radius 1 is 1.38 bits per heavy atom. The van der Waals surface area contributed by atoms with E-state index in [-0.39, 0.29) is 17.9 Å². The van der Waals surface area contributed by atoms with Gasteiger partial charge in [0.15, 0.2) is 0 Å². The Morgan fingerprint density at radius 3 is 2.76 bits per heavy atom. The van der Waals surface area contributed by atoms with E-state index in [0.717, 1.165) is 26.2 Å². The van der Waals surface area contributed by atoms with Gasteiger partial charge in [-0.3, -0.25) is 4.90 Å². The van der Waals surface area contributed by atoms with Gasteiger partial charge < -0.3 is 15.0 Å². The Bertz CT molecular complexity index is 469. The fourth-order valence-corrected chi connectivity index (χ4v) is 2.96. The van der Waals surface area contributed by atoms with Gasteiger partial charge in [0, 0.05) is 37.3 Å². The van der Waals surface area contributed by atoms with Gasteiger partial charge in [-0.05, 0) is 26.7 Å². The van der Waals surface area contributed by atoms with Gasteiger partial charge in [0.05, 0.1) is 13.2 Å². The number of halogens is 1. The number of likely N-dealkylation sites (N-methyl/N-ethyl adjacent to an activating group) is 3. The monoisotopic (exact) mass is 295 g/mol. The van der Waals surface area contributed by atoms with Crippen LogP contribution in [0.1, 0.15) is 18.5 Å². The highest BCUT2D eigenvalue weighted by Gasteiger charge is 2.31. The van der Waals surface area contributed by atoms with E-state index in [0.29, 0.717) is 11.3 Å². The second-order valence-electron chi connectivity index (χ2n) is 5.73. The first-order valence-electron chi connectivity index (χ1n) is 7.52. The van der Waals surface area contributed by atoms with Gasteiger partial charge in [-0.25, -0.2) is 4.39 Å². The van der Waals surface area contributed by atoms with E-state index >= 15 is 0 Å². The van der Waals surface area contributed by atoms with E-state index in [1.165, 1.54) is 6.07 Å². The van der Waals surface area contributed by atoms with Crippen LogP contribution in [-0.4, -0.2) is 63.2 Å². The van der Waals surface area contributed by atoms with Gasteiger partial charge in [-0.1, -0.05) is 13.0 Å². The zero-order chi connectivity index (χ0) is 15.4. The Labute approximate surface area is 126 Å². The van der Waals surface area contributed by atoms with Crippen LogP contribution in [0.3, 0.4) is 0 Å². The summed E-state index contributed by atoms with van der Waals surface area (Å²) < 4.78 is 19.5. The summed E-state index contributed by atoms with van der Waals surface area (Å²) in [4.78, 5) is 4.62. The van der Waals surface area contributed by atoms with Crippen molar-refractivity contribution in [3.63, 3.8) is 0 Å². The lowest BCUT2D eigenvalue weighted by Gasteiger charge is -2.42. The normalized spacial score (nSPS) is 22.2. The van der Waals surface area contributed by atoms with Crippen LogP contribution in [0.25, 0.3) is 0 Å². The molecule has 1 aliphatic rings. The predicted molar refractivity (Wildman–Crippen MR) is 83.3 cm³/mol. The number of benzene rings is 1. The van der Waals surface area contributed by atoms with Gasteiger partial charge >= 0.3 is 0 Å². The molecular weight excluding hydrogens is 269 g/mol. The van der Waals surface area contributed by atoms with Crippen LogP contribution in [0.2, 0.25) is 0 Å². The molecule has 0 aliphatic carbocycles. The van der Waals surface area contributed by atoms with Gasteiger partial charge in [0.2, 0.25) is 0 Å². The molecule has 0 aromatic heterocycles. The molecule has 1 aliphatic heterocycles. The Hall–Kier alpha value is -1.17. The van der Waals surface area contributed by atoms with Crippen molar-refractivity contribution in [3.05, 3.63) is 29.6 Å². The Balaban J connectivity index is 2.29. The van der Waals surface area contributed by atoms with Crippen molar-refractivity contribution in [1.82, 2.24) is 15.1 Å². The Kier molecular flexibility index (Phi) is 5.56. The average molecular weight is 295 g/mol.